The second-order valence-electron chi connectivity index (χ2n) is 6.70. The van der Waals surface area contributed by atoms with Crippen molar-refractivity contribution in [3.05, 3.63) is 0 Å². The number of hydrogen-bond donors (Lipinski definition) is 1. The second kappa shape index (κ2) is 16.6. The quantitative estimate of drug-likeness (QED) is 0.360. The van der Waals surface area contributed by atoms with Crippen LogP contribution < -0.4 is 12.4 Å². The summed E-state index contributed by atoms with van der Waals surface area (Å²) in [5, 5.41) is 9.10. The van der Waals surface area contributed by atoms with Crippen LogP contribution >= 0.6 is 0 Å². The van der Waals surface area contributed by atoms with Gasteiger partial charge in [-0.3, -0.25) is 0 Å². The molecular formula is C18H40ClNO. The van der Waals surface area contributed by atoms with Crippen LogP contribution in [-0.2, 0) is 0 Å². The summed E-state index contributed by atoms with van der Waals surface area (Å²) in [4.78, 5) is 0. The number of hydrogen-bond acceptors (Lipinski definition) is 1. The highest BCUT2D eigenvalue weighted by molar-refractivity contribution is 4.48. The Morgan fingerprint density at radius 1 is 0.619 bits per heavy atom. The molecule has 0 aliphatic carbocycles. The molecule has 2 nitrogen and oxygen atoms in total. The molecule has 0 bridgehead atoms. The van der Waals surface area contributed by atoms with Crippen molar-refractivity contribution in [1.82, 2.24) is 0 Å². The summed E-state index contributed by atoms with van der Waals surface area (Å²) in [6.45, 7) is 8.65. The normalized spacial score (nSPS) is 11.4. The Bertz CT molecular complexity index is 186. The van der Waals surface area contributed by atoms with Crippen molar-refractivity contribution in [2.75, 3.05) is 33.3 Å². The van der Waals surface area contributed by atoms with Gasteiger partial charge in [0, 0.05) is 13.0 Å². The van der Waals surface area contributed by atoms with E-state index in [0.29, 0.717) is 6.61 Å². The molecule has 0 heterocycles. The summed E-state index contributed by atoms with van der Waals surface area (Å²) in [5.41, 5.74) is 0. The van der Waals surface area contributed by atoms with Gasteiger partial charge in [-0.25, -0.2) is 0 Å². The summed E-state index contributed by atoms with van der Waals surface area (Å²) in [6, 6.07) is 0. The van der Waals surface area contributed by atoms with Gasteiger partial charge in [0.1, 0.15) is 0 Å². The molecule has 0 saturated heterocycles. The van der Waals surface area contributed by atoms with Crippen molar-refractivity contribution in [1.29, 1.82) is 0 Å². The van der Waals surface area contributed by atoms with Crippen molar-refractivity contribution < 1.29 is 22.0 Å². The third kappa shape index (κ3) is 14.9. The van der Waals surface area contributed by atoms with Crippen LogP contribution in [0.3, 0.4) is 0 Å². The van der Waals surface area contributed by atoms with Crippen LogP contribution in [0.15, 0.2) is 0 Å². The highest BCUT2D eigenvalue weighted by atomic mass is 35.5. The van der Waals surface area contributed by atoms with Gasteiger partial charge in [0.25, 0.3) is 0 Å². The number of rotatable bonds is 15. The first-order chi connectivity index (χ1) is 9.68. The maximum atomic E-state index is 9.10. The molecule has 0 unspecified atom stereocenters. The van der Waals surface area contributed by atoms with Gasteiger partial charge >= 0.3 is 0 Å². The molecular weight excluding hydrogens is 282 g/mol. The zero-order valence-corrected chi connectivity index (χ0v) is 15.6. The lowest BCUT2D eigenvalue weighted by Crippen LogP contribution is -3.00. The van der Waals surface area contributed by atoms with Crippen LogP contribution in [0.25, 0.3) is 0 Å². The molecule has 3 heteroatoms. The standard InChI is InChI=1S/C18H40NO.ClH/c1-4-6-8-10-12-15-19(3,17-14-18-20)16-13-11-9-7-5-2;/h20H,4-18H2,1-3H3;1H/q+1;/p-1. The summed E-state index contributed by atoms with van der Waals surface area (Å²) in [6.07, 6.45) is 14.7. The summed E-state index contributed by atoms with van der Waals surface area (Å²) >= 11 is 0. The lowest BCUT2D eigenvalue weighted by atomic mass is 10.1. The van der Waals surface area contributed by atoms with Gasteiger partial charge in [-0.15, -0.1) is 0 Å². The SMILES string of the molecule is CCCCCCC[N+](C)(CCCO)CCCCCCC.[Cl-]. The van der Waals surface area contributed by atoms with Crippen LogP contribution in [-0.4, -0.2) is 42.9 Å². The van der Waals surface area contributed by atoms with Gasteiger partial charge in [-0.2, -0.15) is 0 Å². The van der Waals surface area contributed by atoms with Crippen LogP contribution in [0, 0.1) is 0 Å². The highest BCUT2D eigenvalue weighted by Crippen LogP contribution is 2.13. The number of aliphatic hydroxyl groups excluding tert-OH is 1. The van der Waals surface area contributed by atoms with Crippen molar-refractivity contribution in [2.24, 2.45) is 0 Å². The summed E-state index contributed by atoms with van der Waals surface area (Å²) in [5.74, 6) is 0. The van der Waals surface area contributed by atoms with E-state index in [1.165, 1.54) is 81.8 Å². The van der Waals surface area contributed by atoms with E-state index in [9.17, 15) is 0 Å². The zero-order valence-electron chi connectivity index (χ0n) is 14.9. The molecule has 0 rings (SSSR count). The minimum atomic E-state index is 0. The Balaban J connectivity index is 0. The average molecular weight is 322 g/mol. The lowest BCUT2D eigenvalue weighted by molar-refractivity contribution is -0.910. The zero-order chi connectivity index (χ0) is 15.1. The van der Waals surface area contributed by atoms with Gasteiger partial charge in [-0.05, 0) is 25.7 Å². The fourth-order valence-corrected chi connectivity index (χ4v) is 2.98. The molecule has 0 atom stereocenters. The third-order valence-electron chi connectivity index (χ3n) is 4.46. The van der Waals surface area contributed by atoms with E-state index in [-0.39, 0.29) is 12.4 Å². The molecule has 0 radical (unpaired) electrons. The predicted octanol–water partition coefficient (Wildman–Crippen LogP) is 1.76. The van der Waals surface area contributed by atoms with Crippen LogP contribution in [0.4, 0.5) is 0 Å². The molecule has 0 saturated carbocycles. The first-order valence-electron chi connectivity index (χ1n) is 9.13. The highest BCUT2D eigenvalue weighted by Gasteiger charge is 2.19. The number of halogens is 1. The topological polar surface area (TPSA) is 20.2 Å². The lowest BCUT2D eigenvalue weighted by Gasteiger charge is -2.35. The summed E-state index contributed by atoms with van der Waals surface area (Å²) in [7, 11) is 2.40. The van der Waals surface area contributed by atoms with E-state index >= 15 is 0 Å². The molecule has 21 heavy (non-hydrogen) atoms. The second-order valence-corrected chi connectivity index (χ2v) is 6.70. The van der Waals surface area contributed by atoms with E-state index in [0.717, 1.165) is 13.0 Å². The van der Waals surface area contributed by atoms with Gasteiger partial charge < -0.3 is 22.0 Å². The maximum Gasteiger partial charge on any atom is 0.0806 e. The molecule has 0 spiro atoms. The van der Waals surface area contributed by atoms with E-state index in [2.05, 4.69) is 20.9 Å². The Morgan fingerprint density at radius 2 is 1.00 bits per heavy atom. The first-order valence-corrected chi connectivity index (χ1v) is 9.13. The third-order valence-corrected chi connectivity index (χ3v) is 4.46. The molecule has 0 aromatic carbocycles. The van der Waals surface area contributed by atoms with E-state index in [4.69, 9.17) is 5.11 Å². The van der Waals surface area contributed by atoms with E-state index < -0.39 is 0 Å². The summed E-state index contributed by atoms with van der Waals surface area (Å²) < 4.78 is 1.18. The fourth-order valence-electron chi connectivity index (χ4n) is 2.98. The Kier molecular flexibility index (Phi) is 18.5. The molecule has 0 aromatic heterocycles. The van der Waals surface area contributed by atoms with Crippen LogP contribution in [0.1, 0.15) is 84.5 Å². The Labute approximate surface area is 140 Å². The first kappa shape index (κ1) is 23.5. The Hall–Kier alpha value is 0.210. The van der Waals surface area contributed by atoms with Crippen molar-refractivity contribution >= 4 is 0 Å². The molecule has 0 aromatic rings. The Morgan fingerprint density at radius 3 is 1.38 bits per heavy atom. The number of unbranched alkanes of at least 4 members (excludes halogenated alkanes) is 8. The molecule has 0 fully saturated rings. The van der Waals surface area contributed by atoms with E-state index in [1.54, 1.807) is 0 Å². The van der Waals surface area contributed by atoms with E-state index in [1.807, 2.05) is 0 Å². The fraction of sp³-hybridized carbons (Fsp3) is 1.00. The van der Waals surface area contributed by atoms with Gasteiger partial charge in [0.2, 0.25) is 0 Å². The molecule has 130 valence electrons. The largest absolute Gasteiger partial charge is 1.00 e. The van der Waals surface area contributed by atoms with Gasteiger partial charge in [-0.1, -0.05) is 52.4 Å². The predicted molar refractivity (Wildman–Crippen MR) is 90.0 cm³/mol. The number of aliphatic hydroxyl groups is 1. The molecule has 0 aliphatic heterocycles. The molecule has 1 N–H and O–H groups in total. The number of nitrogens with zero attached hydrogens (tertiary/aromatic N) is 1. The van der Waals surface area contributed by atoms with Crippen molar-refractivity contribution in [3.63, 3.8) is 0 Å². The minimum absolute atomic E-state index is 0. The maximum absolute atomic E-state index is 9.10. The van der Waals surface area contributed by atoms with Crippen molar-refractivity contribution in [3.8, 4) is 0 Å². The van der Waals surface area contributed by atoms with Gasteiger partial charge in [0.05, 0.1) is 26.7 Å². The average Bonchev–Trinajstić information content (AvgIpc) is 2.45. The smallest absolute Gasteiger partial charge is 0.0806 e. The van der Waals surface area contributed by atoms with Crippen LogP contribution in [0.2, 0.25) is 0 Å². The van der Waals surface area contributed by atoms with Gasteiger partial charge in [0.15, 0.2) is 0 Å². The number of quaternary nitrogens is 1. The molecule has 0 aliphatic rings. The minimum Gasteiger partial charge on any atom is -1.00 e. The molecule has 0 amide bonds. The van der Waals surface area contributed by atoms with Crippen molar-refractivity contribution in [2.45, 2.75) is 84.5 Å². The van der Waals surface area contributed by atoms with Crippen LogP contribution in [0.5, 0.6) is 0 Å². The monoisotopic (exact) mass is 321 g/mol.